The quantitative estimate of drug-likeness (QED) is 0.603. The van der Waals surface area contributed by atoms with Gasteiger partial charge in [0.25, 0.3) is 0 Å². The van der Waals surface area contributed by atoms with Crippen LogP contribution in [0.25, 0.3) is 0 Å². The Labute approximate surface area is 166 Å². The van der Waals surface area contributed by atoms with Crippen molar-refractivity contribution in [3.63, 3.8) is 0 Å². The van der Waals surface area contributed by atoms with Crippen LogP contribution in [0.3, 0.4) is 0 Å². The summed E-state index contributed by atoms with van der Waals surface area (Å²) in [5.41, 5.74) is 8.24. The van der Waals surface area contributed by atoms with Crippen molar-refractivity contribution in [2.75, 3.05) is 13.6 Å². The third-order valence-corrected chi connectivity index (χ3v) is 4.64. The number of primary amides is 1. The van der Waals surface area contributed by atoms with E-state index in [1.165, 1.54) is 5.56 Å². The van der Waals surface area contributed by atoms with Crippen LogP contribution in [0, 0.1) is 0 Å². The fraction of sp³-hybridized carbons (Fsp3) is 0.208. The lowest BCUT2D eigenvalue weighted by atomic mass is 10.1. The van der Waals surface area contributed by atoms with Gasteiger partial charge >= 0.3 is 0 Å². The highest BCUT2D eigenvalue weighted by Gasteiger charge is 2.15. The first kappa shape index (κ1) is 19.6. The minimum atomic E-state index is -0.454. The maximum atomic E-state index is 11.5. The molecule has 0 radical (unpaired) electrons. The summed E-state index contributed by atoms with van der Waals surface area (Å²) in [6, 6.07) is 27.6. The monoisotopic (exact) mass is 374 g/mol. The lowest BCUT2D eigenvalue weighted by molar-refractivity contribution is 0.0999. The second-order valence-electron chi connectivity index (χ2n) is 6.92. The number of carbonyl (C=O) groups is 1. The van der Waals surface area contributed by atoms with Gasteiger partial charge in [0.1, 0.15) is 11.9 Å². The van der Waals surface area contributed by atoms with Crippen molar-refractivity contribution >= 4 is 5.91 Å². The van der Waals surface area contributed by atoms with Crippen molar-refractivity contribution in [3.05, 3.63) is 102 Å². The molecule has 0 aliphatic heterocycles. The molecule has 4 nitrogen and oxygen atoms in total. The van der Waals surface area contributed by atoms with Crippen molar-refractivity contribution < 1.29 is 9.53 Å². The molecule has 0 heterocycles. The highest BCUT2D eigenvalue weighted by Crippen LogP contribution is 2.26. The lowest BCUT2D eigenvalue weighted by Crippen LogP contribution is -2.22. The van der Waals surface area contributed by atoms with E-state index in [9.17, 15) is 4.79 Å². The molecular formula is C24H26N2O2. The Morgan fingerprint density at radius 3 is 2.32 bits per heavy atom. The Balaban J connectivity index is 1.69. The zero-order valence-electron chi connectivity index (χ0n) is 16.1. The smallest absolute Gasteiger partial charge is 0.248 e. The molecule has 3 rings (SSSR count). The number of hydrogen-bond acceptors (Lipinski definition) is 3. The third-order valence-electron chi connectivity index (χ3n) is 4.64. The molecule has 0 aromatic heterocycles. The summed E-state index contributed by atoms with van der Waals surface area (Å²) in [5.74, 6) is 0.195. The van der Waals surface area contributed by atoms with Gasteiger partial charge in [-0.2, -0.15) is 0 Å². The number of ether oxygens (including phenoxy) is 1. The van der Waals surface area contributed by atoms with Crippen molar-refractivity contribution in [1.29, 1.82) is 0 Å². The summed E-state index contributed by atoms with van der Waals surface area (Å²) in [6.07, 6.45) is 0.719. The molecule has 0 aliphatic carbocycles. The maximum absolute atomic E-state index is 11.5. The summed E-state index contributed by atoms with van der Waals surface area (Å²) in [6.45, 7) is 1.77. The van der Waals surface area contributed by atoms with Gasteiger partial charge in [0.2, 0.25) is 5.91 Å². The van der Waals surface area contributed by atoms with Gasteiger partial charge in [-0.25, -0.2) is 0 Å². The molecule has 0 fully saturated rings. The fourth-order valence-corrected chi connectivity index (χ4v) is 3.16. The number of hydrogen-bond donors (Lipinski definition) is 1. The van der Waals surface area contributed by atoms with Crippen LogP contribution in [0.15, 0.2) is 84.9 Å². The Morgan fingerprint density at radius 2 is 1.64 bits per heavy atom. The van der Waals surface area contributed by atoms with Crippen molar-refractivity contribution in [1.82, 2.24) is 4.90 Å². The van der Waals surface area contributed by atoms with E-state index in [0.29, 0.717) is 11.3 Å². The number of nitrogens with zero attached hydrogens (tertiary/aromatic N) is 1. The van der Waals surface area contributed by atoms with E-state index in [4.69, 9.17) is 10.5 Å². The van der Waals surface area contributed by atoms with Crippen molar-refractivity contribution in [3.8, 4) is 5.75 Å². The standard InChI is InChI=1S/C24H26N2O2/c1-26(18-19-9-4-2-5-10-19)16-15-23(20-11-6-3-7-12-20)28-22-14-8-13-21(17-22)24(25)27/h2-14,17,23H,15-16,18H2,1H3,(H2,25,27). The minimum Gasteiger partial charge on any atom is -0.486 e. The third kappa shape index (κ3) is 5.69. The summed E-state index contributed by atoms with van der Waals surface area (Å²) >= 11 is 0. The van der Waals surface area contributed by atoms with E-state index >= 15 is 0 Å². The molecule has 3 aromatic carbocycles. The summed E-state index contributed by atoms with van der Waals surface area (Å²) in [7, 11) is 2.11. The van der Waals surface area contributed by atoms with Gasteiger partial charge < -0.3 is 15.4 Å². The predicted octanol–water partition coefficient (Wildman–Crippen LogP) is 4.43. The Hall–Kier alpha value is -3.11. The first-order valence-corrected chi connectivity index (χ1v) is 9.46. The Bertz CT molecular complexity index is 881. The first-order chi connectivity index (χ1) is 13.6. The fourth-order valence-electron chi connectivity index (χ4n) is 3.16. The molecule has 4 heteroatoms. The van der Waals surface area contributed by atoms with Crippen LogP contribution >= 0.6 is 0 Å². The molecule has 144 valence electrons. The first-order valence-electron chi connectivity index (χ1n) is 9.46. The molecule has 1 atom stereocenters. The number of rotatable bonds is 9. The highest BCUT2D eigenvalue weighted by atomic mass is 16.5. The molecule has 3 aromatic rings. The SMILES string of the molecule is CN(CCC(Oc1cccc(C(N)=O)c1)c1ccccc1)Cc1ccccc1. The van der Waals surface area contributed by atoms with E-state index in [2.05, 4.69) is 48.3 Å². The van der Waals surface area contributed by atoms with Crippen LogP contribution in [0.2, 0.25) is 0 Å². The summed E-state index contributed by atoms with van der Waals surface area (Å²) in [4.78, 5) is 13.7. The normalized spacial score (nSPS) is 11.9. The van der Waals surface area contributed by atoms with Crippen LogP contribution in [0.5, 0.6) is 5.75 Å². The molecular weight excluding hydrogens is 348 g/mol. The number of benzene rings is 3. The molecule has 0 aliphatic rings. The second-order valence-corrected chi connectivity index (χ2v) is 6.92. The van der Waals surface area contributed by atoms with Crippen molar-refractivity contribution in [2.45, 2.75) is 19.1 Å². The van der Waals surface area contributed by atoms with Crippen LogP contribution in [-0.2, 0) is 6.54 Å². The highest BCUT2D eigenvalue weighted by molar-refractivity contribution is 5.93. The van der Waals surface area contributed by atoms with E-state index < -0.39 is 5.91 Å². The Morgan fingerprint density at radius 1 is 0.964 bits per heavy atom. The van der Waals surface area contributed by atoms with Crippen LogP contribution < -0.4 is 10.5 Å². The van der Waals surface area contributed by atoms with Gasteiger partial charge in [-0.15, -0.1) is 0 Å². The molecule has 2 N–H and O–H groups in total. The summed E-state index contributed by atoms with van der Waals surface area (Å²) < 4.78 is 6.26. The minimum absolute atomic E-state index is 0.109. The number of nitrogens with two attached hydrogens (primary N) is 1. The van der Waals surface area contributed by atoms with Gasteiger partial charge in [-0.1, -0.05) is 66.7 Å². The van der Waals surface area contributed by atoms with Gasteiger partial charge in [-0.3, -0.25) is 4.79 Å². The average molecular weight is 374 g/mol. The van der Waals surface area contributed by atoms with E-state index in [1.54, 1.807) is 18.2 Å². The summed E-state index contributed by atoms with van der Waals surface area (Å²) in [5, 5.41) is 0. The van der Waals surface area contributed by atoms with Crippen molar-refractivity contribution in [2.24, 2.45) is 5.73 Å². The molecule has 0 saturated carbocycles. The second kappa shape index (κ2) is 9.72. The van der Waals surface area contributed by atoms with E-state index in [1.807, 2.05) is 30.3 Å². The van der Waals surface area contributed by atoms with Crippen LogP contribution in [0.1, 0.15) is 34.0 Å². The van der Waals surface area contributed by atoms with Gasteiger partial charge in [-0.05, 0) is 36.4 Å². The number of amides is 1. The molecule has 1 amide bonds. The molecule has 0 bridgehead atoms. The molecule has 1 unspecified atom stereocenters. The topological polar surface area (TPSA) is 55.6 Å². The van der Waals surface area contributed by atoms with Gasteiger partial charge in [0.15, 0.2) is 0 Å². The average Bonchev–Trinajstić information content (AvgIpc) is 2.72. The predicted molar refractivity (Wildman–Crippen MR) is 112 cm³/mol. The molecule has 0 spiro atoms. The van der Waals surface area contributed by atoms with Gasteiger partial charge in [0, 0.05) is 25.1 Å². The zero-order valence-corrected chi connectivity index (χ0v) is 16.1. The Kier molecular flexibility index (Phi) is 6.82. The maximum Gasteiger partial charge on any atom is 0.248 e. The van der Waals surface area contributed by atoms with E-state index in [0.717, 1.165) is 25.1 Å². The van der Waals surface area contributed by atoms with Crippen LogP contribution in [0.4, 0.5) is 0 Å². The molecule has 28 heavy (non-hydrogen) atoms. The van der Waals surface area contributed by atoms with Gasteiger partial charge in [0.05, 0.1) is 0 Å². The molecule has 0 saturated heterocycles. The number of carbonyl (C=O) groups excluding carboxylic acids is 1. The lowest BCUT2D eigenvalue weighted by Gasteiger charge is -2.23. The van der Waals surface area contributed by atoms with Crippen LogP contribution in [-0.4, -0.2) is 24.4 Å². The van der Waals surface area contributed by atoms with E-state index in [-0.39, 0.29) is 6.10 Å². The largest absolute Gasteiger partial charge is 0.486 e. The zero-order chi connectivity index (χ0) is 19.8.